The molecule has 3 rings (SSSR count). The summed E-state index contributed by atoms with van der Waals surface area (Å²) < 4.78 is 64.9. The third kappa shape index (κ3) is 6.19. The molecule has 0 fully saturated rings. The Kier molecular flexibility index (Phi) is 8.22. The number of methoxy groups -OCH3 is 1. The Morgan fingerprint density at radius 3 is 2.37 bits per heavy atom. The standard InChI is InChI=1S/C28H34F4N2O/c1-19(2)16-34-27(28(30,31)32,15-20-12-13-33-25-9-7-6-8-23(20)25)18-26(3,4)24-14-22(29)11-10-21(24)17-35-5/h6-14,19,34H,15-18H2,1-5H3. The molecule has 1 aromatic heterocycles. The third-order valence-corrected chi connectivity index (χ3v) is 6.47. The first-order valence-corrected chi connectivity index (χ1v) is 11.8. The molecule has 3 aromatic rings. The predicted octanol–water partition coefficient (Wildman–Crippen LogP) is 6.98. The molecule has 1 N–H and O–H groups in total. The Morgan fingerprint density at radius 1 is 1.00 bits per heavy atom. The molecular weight excluding hydrogens is 456 g/mol. The molecule has 1 heterocycles. The van der Waals surface area contributed by atoms with Crippen molar-refractivity contribution >= 4 is 10.9 Å². The van der Waals surface area contributed by atoms with Crippen LogP contribution in [0.4, 0.5) is 17.6 Å². The molecule has 35 heavy (non-hydrogen) atoms. The van der Waals surface area contributed by atoms with Gasteiger partial charge >= 0.3 is 6.18 Å². The van der Waals surface area contributed by atoms with E-state index in [0.29, 0.717) is 27.6 Å². The van der Waals surface area contributed by atoms with Crippen LogP contribution < -0.4 is 5.32 Å². The molecule has 0 saturated carbocycles. The van der Waals surface area contributed by atoms with Crippen LogP contribution in [-0.4, -0.2) is 30.4 Å². The fourth-order valence-corrected chi connectivity index (χ4v) is 4.83. The molecule has 0 spiro atoms. The molecule has 1 atom stereocenters. The van der Waals surface area contributed by atoms with E-state index in [2.05, 4.69) is 10.3 Å². The number of para-hydroxylation sites is 1. The Balaban J connectivity index is 2.15. The molecule has 190 valence electrons. The number of nitrogens with zero attached hydrogens (tertiary/aromatic N) is 1. The second kappa shape index (κ2) is 10.6. The molecule has 0 aliphatic rings. The third-order valence-electron chi connectivity index (χ3n) is 6.47. The minimum absolute atomic E-state index is 0.00671. The van der Waals surface area contributed by atoms with Gasteiger partial charge in [0.05, 0.1) is 12.1 Å². The van der Waals surface area contributed by atoms with Crippen LogP contribution in [0.15, 0.2) is 54.7 Å². The zero-order chi connectivity index (χ0) is 25.9. The summed E-state index contributed by atoms with van der Waals surface area (Å²) in [5, 5.41) is 3.60. The molecule has 0 aliphatic carbocycles. The summed E-state index contributed by atoms with van der Waals surface area (Å²) >= 11 is 0. The smallest absolute Gasteiger partial charge is 0.380 e. The number of hydrogen-bond acceptors (Lipinski definition) is 3. The van der Waals surface area contributed by atoms with E-state index in [4.69, 9.17) is 4.74 Å². The lowest BCUT2D eigenvalue weighted by molar-refractivity contribution is -0.203. The Morgan fingerprint density at radius 2 is 1.71 bits per heavy atom. The number of hydrogen-bond donors (Lipinski definition) is 1. The highest BCUT2D eigenvalue weighted by Crippen LogP contribution is 2.44. The van der Waals surface area contributed by atoms with E-state index in [1.165, 1.54) is 19.2 Å². The van der Waals surface area contributed by atoms with Gasteiger partial charge in [-0.05, 0) is 65.3 Å². The van der Waals surface area contributed by atoms with E-state index in [-0.39, 0.29) is 31.9 Å². The van der Waals surface area contributed by atoms with Crippen LogP contribution in [0.1, 0.15) is 50.8 Å². The van der Waals surface area contributed by atoms with Crippen molar-refractivity contribution in [3.05, 3.63) is 77.2 Å². The van der Waals surface area contributed by atoms with Crippen molar-refractivity contribution in [1.82, 2.24) is 10.3 Å². The van der Waals surface area contributed by atoms with E-state index in [0.717, 1.165) is 0 Å². The number of aromatic nitrogens is 1. The van der Waals surface area contributed by atoms with E-state index >= 15 is 13.2 Å². The maximum absolute atomic E-state index is 15.1. The summed E-state index contributed by atoms with van der Waals surface area (Å²) in [5.74, 6) is -0.479. The zero-order valence-corrected chi connectivity index (χ0v) is 21.0. The number of nitrogens with one attached hydrogen (secondary N) is 1. The second-order valence-electron chi connectivity index (χ2n) is 10.3. The number of rotatable bonds is 10. The maximum Gasteiger partial charge on any atom is 0.406 e. The average molecular weight is 491 g/mol. The summed E-state index contributed by atoms with van der Waals surface area (Å²) in [6.07, 6.45) is -3.58. The fraction of sp³-hybridized carbons (Fsp3) is 0.464. The maximum atomic E-state index is 15.1. The second-order valence-corrected chi connectivity index (χ2v) is 10.3. The van der Waals surface area contributed by atoms with E-state index < -0.39 is 22.9 Å². The highest BCUT2D eigenvalue weighted by Gasteiger charge is 2.56. The Bertz CT molecular complexity index is 1140. The normalized spacial score (nSPS) is 14.5. The minimum atomic E-state index is -4.57. The van der Waals surface area contributed by atoms with E-state index in [1.54, 1.807) is 50.4 Å². The van der Waals surface area contributed by atoms with Crippen molar-refractivity contribution in [1.29, 1.82) is 0 Å². The van der Waals surface area contributed by atoms with E-state index in [9.17, 15) is 4.39 Å². The molecule has 0 saturated heterocycles. The Hall–Kier alpha value is -2.51. The lowest BCUT2D eigenvalue weighted by atomic mass is 9.70. The largest absolute Gasteiger partial charge is 0.406 e. The van der Waals surface area contributed by atoms with Gasteiger partial charge in [-0.25, -0.2) is 4.39 Å². The highest BCUT2D eigenvalue weighted by molar-refractivity contribution is 5.82. The SMILES string of the molecule is COCc1ccc(F)cc1C(C)(C)CC(Cc1ccnc2ccccc12)(NCC(C)C)C(F)(F)F. The van der Waals surface area contributed by atoms with Gasteiger partial charge in [-0.3, -0.25) is 4.98 Å². The quantitative estimate of drug-likeness (QED) is 0.312. The molecule has 0 bridgehead atoms. The molecule has 7 heteroatoms. The minimum Gasteiger partial charge on any atom is -0.380 e. The van der Waals surface area contributed by atoms with Crippen LogP contribution in [0, 0.1) is 11.7 Å². The van der Waals surface area contributed by atoms with Gasteiger partial charge < -0.3 is 10.1 Å². The lowest BCUT2D eigenvalue weighted by Crippen LogP contribution is -2.61. The van der Waals surface area contributed by atoms with Crippen molar-refractivity contribution in [3.8, 4) is 0 Å². The molecule has 0 aliphatic heterocycles. The number of halogens is 4. The first-order valence-electron chi connectivity index (χ1n) is 11.8. The van der Waals surface area contributed by atoms with Crippen molar-refractivity contribution in [2.45, 2.75) is 64.3 Å². The van der Waals surface area contributed by atoms with Gasteiger partial charge in [0.25, 0.3) is 0 Å². The lowest BCUT2D eigenvalue weighted by Gasteiger charge is -2.43. The van der Waals surface area contributed by atoms with Crippen LogP contribution in [-0.2, 0) is 23.2 Å². The first-order chi connectivity index (χ1) is 16.4. The van der Waals surface area contributed by atoms with Crippen LogP contribution in [0.3, 0.4) is 0 Å². The molecule has 0 amide bonds. The van der Waals surface area contributed by atoms with Gasteiger partial charge in [-0.1, -0.05) is 52.0 Å². The molecule has 1 unspecified atom stereocenters. The van der Waals surface area contributed by atoms with Gasteiger partial charge in [0.15, 0.2) is 0 Å². The summed E-state index contributed by atoms with van der Waals surface area (Å²) in [6, 6.07) is 13.1. The van der Waals surface area contributed by atoms with Gasteiger partial charge in [0.2, 0.25) is 0 Å². The molecule has 2 aromatic carbocycles. The van der Waals surface area contributed by atoms with Gasteiger partial charge in [-0.2, -0.15) is 13.2 Å². The van der Waals surface area contributed by atoms with Gasteiger partial charge in [0.1, 0.15) is 11.4 Å². The Labute approximate surface area is 204 Å². The number of alkyl halides is 3. The van der Waals surface area contributed by atoms with Crippen LogP contribution in [0.25, 0.3) is 10.9 Å². The number of pyridine rings is 1. The number of ether oxygens (including phenoxy) is 1. The monoisotopic (exact) mass is 490 g/mol. The van der Waals surface area contributed by atoms with Gasteiger partial charge in [0, 0.05) is 25.1 Å². The summed E-state index contributed by atoms with van der Waals surface area (Å²) in [4.78, 5) is 4.31. The number of fused-ring (bicyclic) bond motifs is 1. The first kappa shape index (κ1) is 27.1. The van der Waals surface area contributed by atoms with Crippen molar-refractivity contribution in [2.24, 2.45) is 5.92 Å². The molecule has 3 nitrogen and oxygen atoms in total. The van der Waals surface area contributed by atoms with E-state index in [1.807, 2.05) is 19.9 Å². The topological polar surface area (TPSA) is 34.1 Å². The predicted molar refractivity (Wildman–Crippen MR) is 132 cm³/mol. The molecule has 0 radical (unpaired) electrons. The van der Waals surface area contributed by atoms with Crippen LogP contribution in [0.2, 0.25) is 0 Å². The van der Waals surface area contributed by atoms with Gasteiger partial charge in [-0.15, -0.1) is 0 Å². The highest BCUT2D eigenvalue weighted by atomic mass is 19.4. The number of benzene rings is 2. The van der Waals surface area contributed by atoms with Crippen molar-refractivity contribution < 1.29 is 22.3 Å². The van der Waals surface area contributed by atoms with Crippen molar-refractivity contribution in [2.75, 3.05) is 13.7 Å². The summed E-state index contributed by atoms with van der Waals surface area (Å²) in [5.41, 5.74) is -0.861. The summed E-state index contributed by atoms with van der Waals surface area (Å²) in [6.45, 7) is 7.61. The van der Waals surface area contributed by atoms with Crippen LogP contribution >= 0.6 is 0 Å². The zero-order valence-electron chi connectivity index (χ0n) is 21.0. The fourth-order valence-electron chi connectivity index (χ4n) is 4.83. The average Bonchev–Trinajstić information content (AvgIpc) is 2.78. The molecular formula is C28H34F4N2O. The summed E-state index contributed by atoms with van der Waals surface area (Å²) in [7, 11) is 1.51. The van der Waals surface area contributed by atoms with Crippen LogP contribution in [0.5, 0.6) is 0 Å². The van der Waals surface area contributed by atoms with Crippen molar-refractivity contribution in [3.63, 3.8) is 0 Å².